The average Bonchev–Trinajstić information content (AvgIpc) is 2.72. The van der Waals surface area contributed by atoms with Crippen LogP contribution in [0.15, 0.2) is 41.1 Å². The Kier molecular flexibility index (Phi) is 1.98. The number of hydrogen-bond acceptors (Lipinski definition) is 5. The Labute approximate surface area is 96.5 Å². The number of nitrogens with zero attached hydrogens (tertiary/aromatic N) is 2. The highest BCUT2D eigenvalue weighted by Crippen LogP contribution is 2.31. The number of aromatic hydroxyl groups is 1. The number of oxazole rings is 1. The number of benzene rings is 1. The van der Waals surface area contributed by atoms with Crippen molar-refractivity contribution in [1.29, 1.82) is 0 Å². The van der Waals surface area contributed by atoms with Crippen molar-refractivity contribution in [2.24, 2.45) is 0 Å². The van der Waals surface area contributed by atoms with Crippen molar-refractivity contribution in [3.8, 4) is 17.2 Å². The quantitative estimate of drug-likeness (QED) is 0.622. The van der Waals surface area contributed by atoms with Crippen LogP contribution in [0.25, 0.3) is 22.6 Å². The molecule has 3 aromatic rings. The molecule has 0 bridgehead atoms. The van der Waals surface area contributed by atoms with Crippen LogP contribution in [0.1, 0.15) is 0 Å². The number of pyridine rings is 1. The second-order valence-corrected chi connectivity index (χ2v) is 3.64. The first-order valence-electron chi connectivity index (χ1n) is 5.03. The summed E-state index contributed by atoms with van der Waals surface area (Å²) < 4.78 is 5.52. The van der Waals surface area contributed by atoms with Crippen LogP contribution in [0.2, 0.25) is 0 Å². The minimum absolute atomic E-state index is 0.0458. The fourth-order valence-corrected chi connectivity index (χ4v) is 1.62. The van der Waals surface area contributed by atoms with Crippen LogP contribution in [0, 0.1) is 0 Å². The Morgan fingerprint density at radius 3 is 2.88 bits per heavy atom. The van der Waals surface area contributed by atoms with E-state index < -0.39 is 0 Å². The van der Waals surface area contributed by atoms with Gasteiger partial charge in [-0.2, -0.15) is 0 Å². The van der Waals surface area contributed by atoms with E-state index in [-0.39, 0.29) is 5.75 Å². The number of rotatable bonds is 1. The molecule has 0 amide bonds. The SMILES string of the molecule is Nc1ccc(-c2nc3cnccc3o2)c(O)c1. The average molecular weight is 227 g/mol. The maximum Gasteiger partial charge on any atom is 0.231 e. The lowest BCUT2D eigenvalue weighted by Gasteiger charge is -2.00. The van der Waals surface area contributed by atoms with Gasteiger partial charge in [-0.3, -0.25) is 4.98 Å². The molecule has 1 aromatic carbocycles. The van der Waals surface area contributed by atoms with Gasteiger partial charge in [0.2, 0.25) is 5.89 Å². The van der Waals surface area contributed by atoms with Crippen LogP contribution in [0.3, 0.4) is 0 Å². The van der Waals surface area contributed by atoms with Gasteiger partial charge in [-0.25, -0.2) is 4.98 Å². The summed E-state index contributed by atoms with van der Waals surface area (Å²) in [6.07, 6.45) is 3.23. The molecule has 0 aliphatic heterocycles. The van der Waals surface area contributed by atoms with E-state index >= 15 is 0 Å². The summed E-state index contributed by atoms with van der Waals surface area (Å²) in [5, 5.41) is 9.77. The molecule has 0 spiro atoms. The highest BCUT2D eigenvalue weighted by Gasteiger charge is 2.11. The predicted molar refractivity (Wildman–Crippen MR) is 63.3 cm³/mol. The molecular weight excluding hydrogens is 218 g/mol. The molecule has 2 aromatic heterocycles. The predicted octanol–water partition coefficient (Wildman–Crippen LogP) is 2.18. The molecule has 0 atom stereocenters. The molecule has 84 valence electrons. The number of phenolic OH excluding ortho intramolecular Hbond substituents is 1. The van der Waals surface area contributed by atoms with Gasteiger partial charge in [0.05, 0.1) is 11.8 Å². The highest BCUT2D eigenvalue weighted by atomic mass is 16.3. The van der Waals surface area contributed by atoms with Crippen LogP contribution in [-0.2, 0) is 0 Å². The van der Waals surface area contributed by atoms with E-state index in [1.165, 1.54) is 6.07 Å². The first-order chi connectivity index (χ1) is 8.24. The van der Waals surface area contributed by atoms with Gasteiger partial charge in [-0.05, 0) is 12.1 Å². The number of nitrogens with two attached hydrogens (primary N) is 1. The summed E-state index contributed by atoms with van der Waals surface area (Å²) in [6.45, 7) is 0. The number of hydrogen-bond donors (Lipinski definition) is 2. The van der Waals surface area contributed by atoms with Gasteiger partial charge in [0.25, 0.3) is 0 Å². The summed E-state index contributed by atoms with van der Waals surface area (Å²) in [4.78, 5) is 8.19. The number of aromatic nitrogens is 2. The number of nitrogen functional groups attached to an aromatic ring is 1. The topological polar surface area (TPSA) is 85.2 Å². The standard InChI is InChI=1S/C12H9N3O2/c13-7-1-2-8(10(16)5-7)12-15-9-6-14-4-3-11(9)17-12/h1-6,16H,13H2. The van der Waals surface area contributed by atoms with E-state index in [4.69, 9.17) is 10.2 Å². The summed E-state index contributed by atoms with van der Waals surface area (Å²) in [7, 11) is 0. The molecular formula is C12H9N3O2. The molecule has 5 nitrogen and oxygen atoms in total. The third-order valence-corrected chi connectivity index (χ3v) is 2.44. The van der Waals surface area contributed by atoms with Crippen molar-refractivity contribution in [2.75, 3.05) is 5.73 Å². The Hall–Kier alpha value is -2.56. The zero-order valence-electron chi connectivity index (χ0n) is 8.79. The van der Waals surface area contributed by atoms with Crippen molar-refractivity contribution in [2.45, 2.75) is 0 Å². The first kappa shape index (κ1) is 9.65. The van der Waals surface area contributed by atoms with Crippen LogP contribution in [0.4, 0.5) is 5.69 Å². The number of phenols is 1. The maximum absolute atomic E-state index is 9.77. The lowest BCUT2D eigenvalue weighted by atomic mass is 10.2. The second-order valence-electron chi connectivity index (χ2n) is 3.64. The Bertz CT molecular complexity index is 658. The monoisotopic (exact) mass is 227 g/mol. The van der Waals surface area contributed by atoms with E-state index in [1.54, 1.807) is 30.6 Å². The molecule has 0 radical (unpaired) electrons. The van der Waals surface area contributed by atoms with Crippen molar-refractivity contribution < 1.29 is 9.52 Å². The van der Waals surface area contributed by atoms with E-state index in [1.807, 2.05) is 0 Å². The third-order valence-electron chi connectivity index (χ3n) is 2.44. The summed E-state index contributed by atoms with van der Waals surface area (Å²) in [5.41, 5.74) is 7.84. The van der Waals surface area contributed by atoms with E-state index in [9.17, 15) is 5.11 Å². The van der Waals surface area contributed by atoms with Gasteiger partial charge >= 0.3 is 0 Å². The lowest BCUT2D eigenvalue weighted by molar-refractivity contribution is 0.474. The fraction of sp³-hybridized carbons (Fsp3) is 0. The molecule has 17 heavy (non-hydrogen) atoms. The Morgan fingerprint density at radius 2 is 2.12 bits per heavy atom. The number of anilines is 1. The fourth-order valence-electron chi connectivity index (χ4n) is 1.62. The Morgan fingerprint density at radius 1 is 1.24 bits per heavy atom. The van der Waals surface area contributed by atoms with E-state index in [0.717, 1.165) is 0 Å². The molecule has 5 heteroatoms. The van der Waals surface area contributed by atoms with Crippen LogP contribution in [0.5, 0.6) is 5.75 Å². The van der Waals surface area contributed by atoms with Crippen molar-refractivity contribution >= 4 is 16.8 Å². The molecule has 0 saturated heterocycles. The van der Waals surface area contributed by atoms with Crippen LogP contribution >= 0.6 is 0 Å². The van der Waals surface area contributed by atoms with Crippen LogP contribution in [-0.4, -0.2) is 15.1 Å². The molecule has 2 heterocycles. The molecule has 0 aliphatic carbocycles. The highest BCUT2D eigenvalue weighted by molar-refractivity contribution is 5.77. The normalized spacial score (nSPS) is 10.8. The van der Waals surface area contributed by atoms with Crippen molar-refractivity contribution in [3.05, 3.63) is 36.7 Å². The van der Waals surface area contributed by atoms with Gasteiger partial charge in [0.1, 0.15) is 11.3 Å². The number of fused-ring (bicyclic) bond motifs is 1. The first-order valence-corrected chi connectivity index (χ1v) is 5.03. The molecule has 0 unspecified atom stereocenters. The van der Waals surface area contributed by atoms with E-state index in [2.05, 4.69) is 9.97 Å². The lowest BCUT2D eigenvalue weighted by Crippen LogP contribution is -1.85. The van der Waals surface area contributed by atoms with Crippen molar-refractivity contribution in [1.82, 2.24) is 9.97 Å². The smallest absolute Gasteiger partial charge is 0.231 e. The maximum atomic E-state index is 9.77. The third kappa shape index (κ3) is 1.57. The van der Waals surface area contributed by atoms with Gasteiger partial charge in [0, 0.05) is 24.0 Å². The summed E-state index contributed by atoms with van der Waals surface area (Å²) >= 11 is 0. The molecule has 0 fully saturated rings. The largest absolute Gasteiger partial charge is 0.507 e. The zero-order valence-corrected chi connectivity index (χ0v) is 8.79. The van der Waals surface area contributed by atoms with Gasteiger partial charge in [-0.15, -0.1) is 0 Å². The molecule has 0 aliphatic rings. The van der Waals surface area contributed by atoms with Gasteiger partial charge < -0.3 is 15.3 Å². The van der Waals surface area contributed by atoms with Gasteiger partial charge in [-0.1, -0.05) is 0 Å². The second kappa shape index (κ2) is 3.48. The molecule has 3 rings (SSSR count). The minimum atomic E-state index is 0.0458. The van der Waals surface area contributed by atoms with Gasteiger partial charge in [0.15, 0.2) is 5.58 Å². The summed E-state index contributed by atoms with van der Waals surface area (Å²) in [5.74, 6) is 0.398. The van der Waals surface area contributed by atoms with E-state index in [0.29, 0.717) is 28.2 Å². The molecule has 3 N–H and O–H groups in total. The Balaban J connectivity index is 2.20. The van der Waals surface area contributed by atoms with Crippen LogP contribution < -0.4 is 5.73 Å². The van der Waals surface area contributed by atoms with Crippen molar-refractivity contribution in [3.63, 3.8) is 0 Å². The zero-order chi connectivity index (χ0) is 11.8. The minimum Gasteiger partial charge on any atom is -0.507 e. The summed E-state index contributed by atoms with van der Waals surface area (Å²) in [6, 6.07) is 6.54. The molecule has 0 saturated carbocycles.